The molecule has 1 aliphatic rings. The molecule has 4 aromatic rings. The number of nitrogens with one attached hydrogen (secondary N) is 1. The predicted octanol–water partition coefficient (Wildman–Crippen LogP) is 4.28. The highest BCUT2D eigenvalue weighted by atomic mass is 32.1. The van der Waals surface area contributed by atoms with Crippen molar-refractivity contribution in [1.82, 2.24) is 9.88 Å². The lowest BCUT2D eigenvalue weighted by Gasteiger charge is -2.13. The SMILES string of the molecule is O=c1cc(OCc2ccccc2)ccn1-c1ccc2sc3c(c2c1)CCNC3. The van der Waals surface area contributed by atoms with E-state index < -0.39 is 0 Å². The molecule has 0 amide bonds. The maximum Gasteiger partial charge on any atom is 0.258 e. The molecule has 1 N–H and O–H groups in total. The lowest BCUT2D eigenvalue weighted by molar-refractivity contribution is 0.305. The van der Waals surface area contributed by atoms with Gasteiger partial charge < -0.3 is 10.1 Å². The summed E-state index contributed by atoms with van der Waals surface area (Å²) in [4.78, 5) is 14.1. The van der Waals surface area contributed by atoms with Crippen LogP contribution in [0.1, 0.15) is 16.0 Å². The summed E-state index contributed by atoms with van der Waals surface area (Å²) in [7, 11) is 0. The van der Waals surface area contributed by atoms with Gasteiger partial charge in [0, 0.05) is 34.1 Å². The molecule has 0 saturated heterocycles. The van der Waals surface area contributed by atoms with Gasteiger partial charge in [-0.2, -0.15) is 0 Å². The van der Waals surface area contributed by atoms with Crippen LogP contribution in [0.4, 0.5) is 0 Å². The normalized spacial score (nSPS) is 13.4. The minimum atomic E-state index is -0.0873. The molecule has 0 saturated carbocycles. The van der Waals surface area contributed by atoms with E-state index in [2.05, 4.69) is 17.4 Å². The number of ether oxygens (including phenoxy) is 1. The van der Waals surface area contributed by atoms with Gasteiger partial charge >= 0.3 is 0 Å². The van der Waals surface area contributed by atoms with Crippen LogP contribution in [-0.2, 0) is 19.6 Å². The van der Waals surface area contributed by atoms with Crippen molar-refractivity contribution in [3.05, 3.63) is 93.2 Å². The third kappa shape index (κ3) is 3.23. The molecular formula is C23H20N2O2S. The molecule has 0 radical (unpaired) electrons. The maximum absolute atomic E-state index is 12.7. The Kier molecular flexibility index (Phi) is 4.47. The van der Waals surface area contributed by atoms with Crippen molar-refractivity contribution >= 4 is 21.4 Å². The fraction of sp³-hybridized carbons (Fsp3) is 0.174. The number of hydrogen-bond acceptors (Lipinski definition) is 4. The number of nitrogens with zero attached hydrogens (tertiary/aromatic N) is 1. The molecule has 4 nitrogen and oxygen atoms in total. The zero-order chi connectivity index (χ0) is 18.9. The summed E-state index contributed by atoms with van der Waals surface area (Å²) in [6, 6.07) is 19.6. The molecule has 2 aromatic carbocycles. The minimum absolute atomic E-state index is 0.0873. The van der Waals surface area contributed by atoms with Crippen LogP contribution in [0.25, 0.3) is 15.8 Å². The minimum Gasteiger partial charge on any atom is -0.489 e. The van der Waals surface area contributed by atoms with Gasteiger partial charge in [0.25, 0.3) is 5.56 Å². The van der Waals surface area contributed by atoms with Crippen molar-refractivity contribution in [2.75, 3.05) is 6.54 Å². The molecule has 2 aromatic heterocycles. The van der Waals surface area contributed by atoms with E-state index in [0.717, 1.165) is 30.8 Å². The molecule has 3 heterocycles. The van der Waals surface area contributed by atoms with Gasteiger partial charge in [-0.1, -0.05) is 30.3 Å². The molecule has 5 heteroatoms. The van der Waals surface area contributed by atoms with Crippen LogP contribution >= 0.6 is 11.3 Å². The molecule has 140 valence electrons. The van der Waals surface area contributed by atoms with Crippen LogP contribution in [0.5, 0.6) is 5.75 Å². The van der Waals surface area contributed by atoms with E-state index in [1.54, 1.807) is 16.8 Å². The Morgan fingerprint density at radius 2 is 1.96 bits per heavy atom. The van der Waals surface area contributed by atoms with Gasteiger partial charge in [0.2, 0.25) is 0 Å². The molecule has 0 fully saturated rings. The molecule has 0 aliphatic carbocycles. The van der Waals surface area contributed by atoms with E-state index in [1.807, 2.05) is 53.8 Å². The van der Waals surface area contributed by atoms with Gasteiger partial charge in [-0.15, -0.1) is 11.3 Å². The number of rotatable bonds is 4. The Bertz CT molecular complexity index is 1190. The van der Waals surface area contributed by atoms with E-state index in [4.69, 9.17) is 4.74 Å². The second kappa shape index (κ2) is 7.26. The van der Waals surface area contributed by atoms with Gasteiger partial charge in [-0.25, -0.2) is 0 Å². The van der Waals surface area contributed by atoms with Gasteiger partial charge in [0.05, 0.1) is 0 Å². The fourth-order valence-electron chi connectivity index (χ4n) is 3.67. The third-order valence-corrected chi connectivity index (χ3v) is 6.33. The van der Waals surface area contributed by atoms with E-state index in [0.29, 0.717) is 12.4 Å². The Balaban J connectivity index is 1.44. The molecule has 0 spiro atoms. The standard InChI is InChI=1S/C23H20N2O2S/c26-23-13-18(27-15-16-4-2-1-3-5-16)9-11-25(23)17-6-7-21-20(12-17)19-8-10-24-14-22(19)28-21/h1-7,9,11-13,24H,8,10,14-15H2. The van der Waals surface area contributed by atoms with Crippen LogP contribution in [0.2, 0.25) is 0 Å². The highest BCUT2D eigenvalue weighted by Crippen LogP contribution is 2.34. The first-order valence-electron chi connectivity index (χ1n) is 9.43. The maximum atomic E-state index is 12.7. The van der Waals surface area contributed by atoms with Crippen molar-refractivity contribution < 1.29 is 4.74 Å². The summed E-state index contributed by atoms with van der Waals surface area (Å²) in [6.45, 7) is 2.40. The largest absolute Gasteiger partial charge is 0.489 e. The summed E-state index contributed by atoms with van der Waals surface area (Å²) in [6.07, 6.45) is 2.84. The molecule has 28 heavy (non-hydrogen) atoms. The topological polar surface area (TPSA) is 43.3 Å². The van der Waals surface area contributed by atoms with E-state index in [1.165, 1.54) is 20.5 Å². The van der Waals surface area contributed by atoms with Crippen LogP contribution in [0, 0.1) is 0 Å². The van der Waals surface area contributed by atoms with Gasteiger partial charge in [-0.3, -0.25) is 9.36 Å². The first kappa shape index (κ1) is 17.2. The molecular weight excluding hydrogens is 368 g/mol. The Labute approximate surface area is 167 Å². The summed E-state index contributed by atoms with van der Waals surface area (Å²) < 4.78 is 8.74. The molecule has 5 rings (SSSR count). The van der Waals surface area contributed by atoms with Crippen molar-refractivity contribution in [2.24, 2.45) is 0 Å². The Morgan fingerprint density at radius 3 is 2.82 bits per heavy atom. The number of pyridine rings is 1. The second-order valence-corrected chi connectivity index (χ2v) is 8.09. The highest BCUT2D eigenvalue weighted by Gasteiger charge is 2.16. The summed E-state index contributed by atoms with van der Waals surface area (Å²) >= 11 is 1.84. The van der Waals surface area contributed by atoms with Crippen molar-refractivity contribution in [3.8, 4) is 11.4 Å². The summed E-state index contributed by atoms with van der Waals surface area (Å²) in [5.41, 5.74) is 3.31. The number of fused-ring (bicyclic) bond motifs is 3. The molecule has 0 bridgehead atoms. The average molecular weight is 388 g/mol. The van der Waals surface area contributed by atoms with Gasteiger partial charge in [0.15, 0.2) is 0 Å². The predicted molar refractivity (Wildman–Crippen MR) is 114 cm³/mol. The van der Waals surface area contributed by atoms with Crippen LogP contribution in [0.3, 0.4) is 0 Å². The van der Waals surface area contributed by atoms with Crippen LogP contribution in [0.15, 0.2) is 71.7 Å². The highest BCUT2D eigenvalue weighted by molar-refractivity contribution is 7.19. The molecule has 0 atom stereocenters. The number of aromatic nitrogens is 1. The molecule has 1 aliphatic heterocycles. The van der Waals surface area contributed by atoms with Gasteiger partial charge in [-0.05, 0) is 53.7 Å². The number of hydrogen-bond donors (Lipinski definition) is 1. The number of benzene rings is 2. The van der Waals surface area contributed by atoms with Crippen LogP contribution < -0.4 is 15.6 Å². The smallest absolute Gasteiger partial charge is 0.258 e. The number of thiophene rings is 1. The Morgan fingerprint density at radius 1 is 1.07 bits per heavy atom. The summed E-state index contributed by atoms with van der Waals surface area (Å²) in [5, 5.41) is 4.70. The van der Waals surface area contributed by atoms with Crippen molar-refractivity contribution in [1.29, 1.82) is 0 Å². The van der Waals surface area contributed by atoms with Crippen LogP contribution in [-0.4, -0.2) is 11.1 Å². The fourth-order valence-corrected chi connectivity index (χ4v) is 4.88. The van der Waals surface area contributed by atoms with E-state index in [-0.39, 0.29) is 5.56 Å². The van der Waals surface area contributed by atoms with Crippen molar-refractivity contribution in [3.63, 3.8) is 0 Å². The van der Waals surface area contributed by atoms with E-state index >= 15 is 0 Å². The quantitative estimate of drug-likeness (QED) is 0.568. The third-order valence-electron chi connectivity index (χ3n) is 5.11. The summed E-state index contributed by atoms with van der Waals surface area (Å²) in [5.74, 6) is 0.588. The van der Waals surface area contributed by atoms with Gasteiger partial charge in [0.1, 0.15) is 12.4 Å². The zero-order valence-electron chi connectivity index (χ0n) is 15.4. The second-order valence-electron chi connectivity index (χ2n) is 6.96. The zero-order valence-corrected chi connectivity index (χ0v) is 16.2. The lowest BCUT2D eigenvalue weighted by Crippen LogP contribution is -2.21. The first-order valence-corrected chi connectivity index (χ1v) is 10.2. The average Bonchev–Trinajstić information content (AvgIpc) is 3.11. The lowest BCUT2D eigenvalue weighted by atomic mass is 10.0. The van der Waals surface area contributed by atoms with E-state index in [9.17, 15) is 4.79 Å². The first-order chi connectivity index (χ1) is 13.8. The Hall–Kier alpha value is -2.89. The molecule has 0 unspecified atom stereocenters. The monoisotopic (exact) mass is 388 g/mol. The van der Waals surface area contributed by atoms with Crippen molar-refractivity contribution in [2.45, 2.75) is 19.6 Å².